The van der Waals surface area contributed by atoms with Crippen molar-refractivity contribution in [3.05, 3.63) is 0 Å². The molecule has 8 heteroatoms. The number of aliphatic hydroxyl groups excluding tert-OH is 1. The number of hydrogen-bond donors (Lipinski definition) is 1. The molecule has 0 saturated heterocycles. The zero-order valence-corrected chi connectivity index (χ0v) is 13.3. The van der Waals surface area contributed by atoms with Gasteiger partial charge in [-0.3, -0.25) is 4.79 Å². The smallest absolute Gasteiger partial charge is 0.302 e. The zero-order valence-electron chi connectivity index (χ0n) is 13.3. The van der Waals surface area contributed by atoms with Crippen LogP contribution in [0.5, 0.6) is 0 Å². The van der Waals surface area contributed by atoms with Crippen LogP contribution in [0.4, 0.5) is 0 Å². The van der Waals surface area contributed by atoms with Crippen LogP contribution in [0.1, 0.15) is 6.92 Å². The molecule has 0 aromatic carbocycles. The Labute approximate surface area is 131 Å². The highest BCUT2D eigenvalue weighted by Gasteiger charge is 1.94. The molecule has 8 nitrogen and oxygen atoms in total. The van der Waals surface area contributed by atoms with E-state index in [1.165, 1.54) is 6.92 Å². The van der Waals surface area contributed by atoms with E-state index < -0.39 is 0 Å². The van der Waals surface area contributed by atoms with Crippen molar-refractivity contribution in [3.8, 4) is 0 Å². The Morgan fingerprint density at radius 1 is 0.636 bits per heavy atom. The first kappa shape index (κ1) is 21.2. The molecule has 0 bridgehead atoms. The minimum atomic E-state index is -0.307. The van der Waals surface area contributed by atoms with Crippen molar-refractivity contribution < 1.29 is 38.3 Å². The number of carbonyl (C=O) groups is 1. The van der Waals surface area contributed by atoms with Crippen LogP contribution in [-0.2, 0) is 33.2 Å². The van der Waals surface area contributed by atoms with E-state index in [0.29, 0.717) is 66.1 Å². The molecule has 132 valence electrons. The molecule has 0 unspecified atom stereocenters. The van der Waals surface area contributed by atoms with E-state index in [1.807, 2.05) is 0 Å². The Bertz CT molecular complexity index is 237. The summed E-state index contributed by atoms with van der Waals surface area (Å²) in [6.45, 7) is 6.26. The fourth-order valence-corrected chi connectivity index (χ4v) is 1.29. The molecule has 0 spiro atoms. The quantitative estimate of drug-likeness (QED) is 0.286. The molecule has 22 heavy (non-hydrogen) atoms. The first-order valence-electron chi connectivity index (χ1n) is 7.40. The second-order valence-corrected chi connectivity index (χ2v) is 4.13. The molecule has 0 fully saturated rings. The molecule has 0 aliphatic heterocycles. The van der Waals surface area contributed by atoms with Gasteiger partial charge in [-0.05, 0) is 0 Å². The number of rotatable bonds is 17. The van der Waals surface area contributed by atoms with Crippen molar-refractivity contribution in [2.45, 2.75) is 6.92 Å². The summed E-state index contributed by atoms with van der Waals surface area (Å²) in [7, 11) is 0. The minimum absolute atomic E-state index is 0.0281. The number of esters is 1. The minimum Gasteiger partial charge on any atom is -0.463 e. The number of aliphatic hydroxyl groups is 1. The van der Waals surface area contributed by atoms with Gasteiger partial charge in [-0.2, -0.15) is 0 Å². The van der Waals surface area contributed by atoms with Crippen LogP contribution in [0.15, 0.2) is 0 Å². The third-order valence-electron chi connectivity index (χ3n) is 2.26. The summed E-state index contributed by atoms with van der Waals surface area (Å²) in [5.74, 6) is -0.307. The van der Waals surface area contributed by atoms with Crippen LogP contribution in [0.2, 0.25) is 0 Å². The molecule has 0 aromatic heterocycles. The standard InChI is InChI=1S/C14H28O8/c1-14(16)22-13-12-21-11-10-20-9-8-19-7-6-18-5-4-17-3-2-15/h15H,2-13H2,1H3. The molecule has 0 radical (unpaired) electrons. The summed E-state index contributed by atoms with van der Waals surface area (Å²) < 4.78 is 30.8. The van der Waals surface area contributed by atoms with E-state index in [0.717, 1.165) is 0 Å². The van der Waals surface area contributed by atoms with Crippen LogP contribution >= 0.6 is 0 Å². The summed E-state index contributed by atoms with van der Waals surface area (Å²) in [5, 5.41) is 8.48. The lowest BCUT2D eigenvalue weighted by Crippen LogP contribution is -2.14. The molecule has 0 rings (SSSR count). The first-order valence-corrected chi connectivity index (χ1v) is 7.40. The lowest BCUT2D eigenvalue weighted by molar-refractivity contribution is -0.142. The van der Waals surface area contributed by atoms with Crippen LogP contribution in [0, 0.1) is 0 Å². The highest BCUT2D eigenvalue weighted by atomic mass is 16.6. The summed E-state index contributed by atoms with van der Waals surface area (Å²) in [4.78, 5) is 10.5. The van der Waals surface area contributed by atoms with Gasteiger partial charge in [0, 0.05) is 6.92 Å². The number of ether oxygens (including phenoxy) is 6. The lowest BCUT2D eigenvalue weighted by Gasteiger charge is -2.07. The Kier molecular flexibility index (Phi) is 17.6. The van der Waals surface area contributed by atoms with E-state index in [4.69, 9.17) is 33.5 Å². The van der Waals surface area contributed by atoms with E-state index in [-0.39, 0.29) is 19.2 Å². The normalized spacial score (nSPS) is 10.8. The average molecular weight is 324 g/mol. The second-order valence-electron chi connectivity index (χ2n) is 4.13. The Morgan fingerprint density at radius 2 is 0.955 bits per heavy atom. The topological polar surface area (TPSA) is 92.7 Å². The number of hydrogen-bond acceptors (Lipinski definition) is 8. The largest absolute Gasteiger partial charge is 0.463 e. The van der Waals surface area contributed by atoms with Gasteiger partial charge in [0.25, 0.3) is 0 Å². The van der Waals surface area contributed by atoms with Gasteiger partial charge in [0.2, 0.25) is 0 Å². The average Bonchev–Trinajstić information content (AvgIpc) is 2.50. The molecule has 0 atom stereocenters. The molecule has 0 aliphatic carbocycles. The van der Waals surface area contributed by atoms with Gasteiger partial charge in [0.15, 0.2) is 0 Å². The van der Waals surface area contributed by atoms with Gasteiger partial charge in [-0.1, -0.05) is 0 Å². The van der Waals surface area contributed by atoms with Crippen LogP contribution < -0.4 is 0 Å². The van der Waals surface area contributed by atoms with Crippen molar-refractivity contribution in [3.63, 3.8) is 0 Å². The van der Waals surface area contributed by atoms with Crippen molar-refractivity contribution in [2.24, 2.45) is 0 Å². The Hall–Kier alpha value is -0.770. The maximum absolute atomic E-state index is 10.5. The number of carbonyl (C=O) groups excluding carboxylic acids is 1. The Morgan fingerprint density at radius 3 is 1.27 bits per heavy atom. The van der Waals surface area contributed by atoms with Gasteiger partial charge >= 0.3 is 5.97 Å². The molecule has 0 aliphatic rings. The molecule has 0 aromatic rings. The monoisotopic (exact) mass is 324 g/mol. The SMILES string of the molecule is CC(=O)OCCOCCOCCOCCOCCOCCO. The fraction of sp³-hybridized carbons (Fsp3) is 0.929. The van der Waals surface area contributed by atoms with E-state index in [1.54, 1.807) is 0 Å². The summed E-state index contributed by atoms with van der Waals surface area (Å²) >= 11 is 0. The summed E-state index contributed by atoms with van der Waals surface area (Å²) in [5.41, 5.74) is 0. The van der Waals surface area contributed by atoms with Gasteiger partial charge < -0.3 is 33.5 Å². The molecule has 0 saturated carbocycles. The van der Waals surface area contributed by atoms with Crippen molar-refractivity contribution in [1.82, 2.24) is 0 Å². The summed E-state index contributed by atoms with van der Waals surface area (Å²) in [6, 6.07) is 0. The molecular weight excluding hydrogens is 296 g/mol. The second kappa shape index (κ2) is 18.3. The predicted molar refractivity (Wildman–Crippen MR) is 77.8 cm³/mol. The van der Waals surface area contributed by atoms with E-state index in [2.05, 4.69) is 0 Å². The van der Waals surface area contributed by atoms with E-state index >= 15 is 0 Å². The van der Waals surface area contributed by atoms with Gasteiger partial charge in [0.1, 0.15) is 6.61 Å². The highest BCUT2D eigenvalue weighted by Crippen LogP contribution is 1.84. The molecule has 0 amide bonds. The third-order valence-corrected chi connectivity index (χ3v) is 2.26. The maximum atomic E-state index is 10.5. The fourth-order valence-electron chi connectivity index (χ4n) is 1.29. The molecular formula is C14H28O8. The van der Waals surface area contributed by atoms with E-state index in [9.17, 15) is 4.79 Å². The maximum Gasteiger partial charge on any atom is 0.302 e. The van der Waals surface area contributed by atoms with Crippen molar-refractivity contribution >= 4 is 5.97 Å². The lowest BCUT2D eigenvalue weighted by atomic mass is 10.7. The van der Waals surface area contributed by atoms with Gasteiger partial charge in [-0.15, -0.1) is 0 Å². The van der Waals surface area contributed by atoms with Gasteiger partial charge in [-0.25, -0.2) is 0 Å². The zero-order chi connectivity index (χ0) is 16.3. The van der Waals surface area contributed by atoms with Crippen molar-refractivity contribution in [1.29, 1.82) is 0 Å². The predicted octanol–water partition coefficient (Wildman–Crippen LogP) is -0.375. The third kappa shape index (κ3) is 19.2. The Balaban J connectivity index is 2.95. The highest BCUT2D eigenvalue weighted by molar-refractivity contribution is 5.65. The first-order chi connectivity index (χ1) is 10.8. The van der Waals surface area contributed by atoms with Crippen molar-refractivity contribution in [2.75, 3.05) is 79.3 Å². The molecule has 1 N–H and O–H groups in total. The van der Waals surface area contributed by atoms with Gasteiger partial charge in [0.05, 0.1) is 72.7 Å². The van der Waals surface area contributed by atoms with Crippen LogP contribution in [0.3, 0.4) is 0 Å². The van der Waals surface area contributed by atoms with Crippen LogP contribution in [-0.4, -0.2) is 90.4 Å². The summed E-state index contributed by atoms with van der Waals surface area (Å²) in [6.07, 6.45) is 0. The molecule has 0 heterocycles. The van der Waals surface area contributed by atoms with Crippen LogP contribution in [0.25, 0.3) is 0 Å².